The van der Waals surface area contributed by atoms with Crippen LogP contribution >= 0.6 is 0 Å². The van der Waals surface area contributed by atoms with Crippen LogP contribution in [0.15, 0.2) is 0 Å². The first-order valence-electron chi connectivity index (χ1n) is 4.35. The molecular weight excluding hydrogens is 176 g/mol. The fraction of sp³-hybridized carbons (Fsp3) is 1.00. The number of ether oxygens (including phenoxy) is 4. The minimum absolute atomic E-state index is 0.212. The van der Waals surface area contributed by atoms with Crippen molar-refractivity contribution in [3.05, 3.63) is 0 Å². The molecule has 5 nitrogen and oxygen atoms in total. The van der Waals surface area contributed by atoms with E-state index in [9.17, 15) is 5.11 Å². The van der Waals surface area contributed by atoms with Crippen LogP contribution in [0.5, 0.6) is 0 Å². The summed E-state index contributed by atoms with van der Waals surface area (Å²) in [7, 11) is 1.50. The zero-order valence-corrected chi connectivity index (χ0v) is 7.67. The van der Waals surface area contributed by atoms with Crippen molar-refractivity contribution >= 4 is 0 Å². The van der Waals surface area contributed by atoms with Gasteiger partial charge in [-0.05, 0) is 6.92 Å². The molecule has 0 spiro atoms. The van der Waals surface area contributed by atoms with Gasteiger partial charge < -0.3 is 24.1 Å². The van der Waals surface area contributed by atoms with E-state index < -0.39 is 12.4 Å². The van der Waals surface area contributed by atoms with Crippen LogP contribution in [-0.4, -0.2) is 49.7 Å². The maximum absolute atomic E-state index is 9.67. The zero-order valence-electron chi connectivity index (χ0n) is 7.67. The van der Waals surface area contributed by atoms with Gasteiger partial charge in [0.1, 0.15) is 18.3 Å². The van der Waals surface area contributed by atoms with E-state index in [0.29, 0.717) is 6.61 Å². The van der Waals surface area contributed by atoms with E-state index in [-0.39, 0.29) is 18.5 Å². The fourth-order valence-corrected chi connectivity index (χ4v) is 1.69. The molecule has 13 heavy (non-hydrogen) atoms. The molecule has 0 radical (unpaired) electrons. The molecule has 1 N–H and O–H groups in total. The molecule has 2 aliphatic rings. The van der Waals surface area contributed by atoms with E-state index in [2.05, 4.69) is 0 Å². The lowest BCUT2D eigenvalue weighted by Crippen LogP contribution is -2.44. The second kappa shape index (κ2) is 3.51. The third kappa shape index (κ3) is 1.58. The van der Waals surface area contributed by atoms with Gasteiger partial charge in [0.05, 0.1) is 6.61 Å². The summed E-state index contributed by atoms with van der Waals surface area (Å²) in [5, 5.41) is 9.67. The van der Waals surface area contributed by atoms with Crippen molar-refractivity contribution in [1.29, 1.82) is 0 Å². The second-order valence-electron chi connectivity index (χ2n) is 3.27. The summed E-state index contributed by atoms with van der Waals surface area (Å²) in [6.45, 7) is 2.24. The Labute approximate surface area is 76.5 Å². The molecule has 2 aliphatic heterocycles. The third-order valence-electron chi connectivity index (χ3n) is 2.37. The molecule has 0 aromatic carbocycles. The minimum atomic E-state index is -0.721. The lowest BCUT2D eigenvalue weighted by atomic mass is 10.1. The van der Waals surface area contributed by atoms with Crippen molar-refractivity contribution in [2.75, 3.05) is 13.7 Å². The molecule has 0 aromatic rings. The Morgan fingerprint density at radius 2 is 2.15 bits per heavy atom. The minimum Gasteiger partial charge on any atom is -0.385 e. The van der Waals surface area contributed by atoms with E-state index in [1.807, 2.05) is 0 Å². The van der Waals surface area contributed by atoms with Crippen LogP contribution in [0.4, 0.5) is 0 Å². The molecule has 0 bridgehead atoms. The molecule has 2 fully saturated rings. The summed E-state index contributed by atoms with van der Waals surface area (Å²) in [4.78, 5) is 0. The van der Waals surface area contributed by atoms with Gasteiger partial charge in [-0.3, -0.25) is 0 Å². The van der Waals surface area contributed by atoms with Gasteiger partial charge in [-0.1, -0.05) is 0 Å². The number of rotatable bonds is 1. The topological polar surface area (TPSA) is 57.2 Å². The normalized spacial score (nSPS) is 50.5. The van der Waals surface area contributed by atoms with Crippen LogP contribution in [0.1, 0.15) is 6.92 Å². The standard InChI is InChI=1S/C8H14O5/c1-4-11-3-5-7(12-4)6(9)8(10-2)13-5/h4-9H,3H2,1-2H3/t4?,5-,6-,7+,8+/m1/s1. The fourth-order valence-electron chi connectivity index (χ4n) is 1.69. The van der Waals surface area contributed by atoms with Gasteiger partial charge in [0, 0.05) is 7.11 Å². The molecule has 0 aromatic heterocycles. The van der Waals surface area contributed by atoms with Gasteiger partial charge in [0.15, 0.2) is 12.6 Å². The largest absolute Gasteiger partial charge is 0.385 e. The van der Waals surface area contributed by atoms with Crippen molar-refractivity contribution in [1.82, 2.24) is 0 Å². The number of aliphatic hydroxyl groups is 1. The molecule has 2 heterocycles. The summed E-state index contributed by atoms with van der Waals surface area (Å²) < 4.78 is 20.9. The SMILES string of the molecule is CO[C@H]1O[C@@H]2COC(C)O[C@@H]2[C@H]1O. The Hall–Kier alpha value is -0.200. The van der Waals surface area contributed by atoms with E-state index in [4.69, 9.17) is 18.9 Å². The highest BCUT2D eigenvalue weighted by Gasteiger charge is 2.47. The molecule has 0 saturated carbocycles. The summed E-state index contributed by atoms with van der Waals surface area (Å²) in [5.74, 6) is 0. The smallest absolute Gasteiger partial charge is 0.186 e. The lowest BCUT2D eigenvalue weighted by Gasteiger charge is -2.30. The van der Waals surface area contributed by atoms with Crippen LogP contribution in [0, 0.1) is 0 Å². The maximum Gasteiger partial charge on any atom is 0.186 e. The highest BCUT2D eigenvalue weighted by atomic mass is 16.8. The van der Waals surface area contributed by atoms with Crippen molar-refractivity contribution < 1.29 is 24.1 Å². The molecule has 2 rings (SSSR count). The van der Waals surface area contributed by atoms with Crippen LogP contribution in [0.3, 0.4) is 0 Å². The summed E-state index contributed by atoms with van der Waals surface area (Å²) in [6.07, 6.45) is -2.13. The lowest BCUT2D eigenvalue weighted by molar-refractivity contribution is -0.241. The monoisotopic (exact) mass is 190 g/mol. The van der Waals surface area contributed by atoms with E-state index in [1.165, 1.54) is 7.11 Å². The first kappa shape index (κ1) is 9.36. The summed E-state index contributed by atoms with van der Waals surface area (Å²) in [6, 6.07) is 0. The predicted octanol–water partition coefficient (Wildman–Crippen LogP) is -0.520. The first-order chi connectivity index (χ1) is 6.22. The predicted molar refractivity (Wildman–Crippen MR) is 42.0 cm³/mol. The first-order valence-corrected chi connectivity index (χ1v) is 4.35. The van der Waals surface area contributed by atoms with Gasteiger partial charge in [0.25, 0.3) is 0 Å². The summed E-state index contributed by atoms with van der Waals surface area (Å²) in [5.41, 5.74) is 0. The number of hydrogen-bond donors (Lipinski definition) is 1. The summed E-state index contributed by atoms with van der Waals surface area (Å²) >= 11 is 0. The average molecular weight is 190 g/mol. The van der Waals surface area contributed by atoms with Crippen LogP contribution in [0.2, 0.25) is 0 Å². The van der Waals surface area contributed by atoms with Crippen molar-refractivity contribution in [3.63, 3.8) is 0 Å². The number of aliphatic hydroxyl groups excluding tert-OH is 1. The molecule has 1 unspecified atom stereocenters. The van der Waals surface area contributed by atoms with Gasteiger partial charge in [-0.15, -0.1) is 0 Å². The van der Waals surface area contributed by atoms with Crippen molar-refractivity contribution in [2.45, 2.75) is 37.8 Å². The van der Waals surface area contributed by atoms with Crippen molar-refractivity contribution in [3.8, 4) is 0 Å². The Kier molecular flexibility index (Phi) is 2.53. The Morgan fingerprint density at radius 1 is 1.38 bits per heavy atom. The Morgan fingerprint density at radius 3 is 2.85 bits per heavy atom. The van der Waals surface area contributed by atoms with Gasteiger partial charge >= 0.3 is 0 Å². The molecule has 0 aliphatic carbocycles. The molecule has 2 saturated heterocycles. The zero-order chi connectivity index (χ0) is 9.42. The van der Waals surface area contributed by atoms with Crippen LogP contribution < -0.4 is 0 Å². The van der Waals surface area contributed by atoms with Gasteiger partial charge in [-0.25, -0.2) is 0 Å². The number of fused-ring (bicyclic) bond motifs is 1. The Bertz CT molecular complexity index is 183. The highest BCUT2D eigenvalue weighted by Crippen LogP contribution is 2.29. The van der Waals surface area contributed by atoms with Crippen LogP contribution in [-0.2, 0) is 18.9 Å². The Balaban J connectivity index is 2.03. The quantitative estimate of drug-likeness (QED) is 0.603. The van der Waals surface area contributed by atoms with E-state index in [1.54, 1.807) is 6.92 Å². The third-order valence-corrected chi connectivity index (χ3v) is 2.37. The second-order valence-corrected chi connectivity index (χ2v) is 3.27. The highest BCUT2D eigenvalue weighted by molar-refractivity contribution is 4.89. The maximum atomic E-state index is 9.67. The molecule has 5 heteroatoms. The number of methoxy groups -OCH3 is 1. The van der Waals surface area contributed by atoms with Crippen molar-refractivity contribution in [2.24, 2.45) is 0 Å². The molecule has 0 amide bonds. The van der Waals surface area contributed by atoms with Gasteiger partial charge in [0.2, 0.25) is 0 Å². The van der Waals surface area contributed by atoms with Crippen LogP contribution in [0.25, 0.3) is 0 Å². The average Bonchev–Trinajstić information content (AvgIpc) is 2.44. The van der Waals surface area contributed by atoms with E-state index >= 15 is 0 Å². The molecule has 5 atom stereocenters. The van der Waals surface area contributed by atoms with Gasteiger partial charge in [-0.2, -0.15) is 0 Å². The molecular formula is C8H14O5. The number of hydrogen-bond acceptors (Lipinski definition) is 5. The molecule has 76 valence electrons. The van der Waals surface area contributed by atoms with E-state index in [0.717, 1.165) is 0 Å².